The molecule has 1 atom stereocenters. The summed E-state index contributed by atoms with van der Waals surface area (Å²) in [4.78, 5) is 11.3. The highest BCUT2D eigenvalue weighted by Gasteiger charge is 2.08. The molecule has 3 nitrogen and oxygen atoms in total. The Morgan fingerprint density at radius 2 is 1.36 bits per heavy atom. The Labute approximate surface area is 137 Å². The summed E-state index contributed by atoms with van der Waals surface area (Å²) in [6.45, 7) is 5.91. The molecule has 0 heterocycles. The third-order valence-electron chi connectivity index (χ3n) is 3.71. The van der Waals surface area contributed by atoms with E-state index in [2.05, 4.69) is 6.92 Å². The second kappa shape index (κ2) is 15.1. The van der Waals surface area contributed by atoms with Gasteiger partial charge in [0.05, 0.1) is 0 Å². The molecule has 1 unspecified atom stereocenters. The lowest BCUT2D eigenvalue weighted by molar-refractivity contribution is -0.162. The van der Waals surface area contributed by atoms with Crippen LogP contribution in [0.25, 0.3) is 0 Å². The molecule has 0 aliphatic rings. The number of ether oxygens (including phenoxy) is 1. The Hall–Kier alpha value is -0.830. The van der Waals surface area contributed by atoms with Crippen molar-refractivity contribution in [2.24, 2.45) is 0 Å². The first-order chi connectivity index (χ1) is 10.6. The van der Waals surface area contributed by atoms with Crippen LogP contribution < -0.4 is 0 Å². The number of hydrogen-bond acceptors (Lipinski definition) is 3. The van der Waals surface area contributed by atoms with E-state index in [9.17, 15) is 9.90 Å². The van der Waals surface area contributed by atoms with Gasteiger partial charge in [0.1, 0.15) is 0 Å². The van der Waals surface area contributed by atoms with Crippen molar-refractivity contribution in [2.45, 2.75) is 104 Å². The summed E-state index contributed by atoms with van der Waals surface area (Å²) in [5.74, 6) is -0.449. The van der Waals surface area contributed by atoms with Gasteiger partial charge in [-0.15, -0.1) is 0 Å². The van der Waals surface area contributed by atoms with Crippen molar-refractivity contribution in [3.63, 3.8) is 0 Å². The highest BCUT2D eigenvalue weighted by Crippen LogP contribution is 2.12. The van der Waals surface area contributed by atoms with Gasteiger partial charge in [0.25, 0.3) is 0 Å². The lowest BCUT2D eigenvalue weighted by Crippen LogP contribution is -2.16. The Bertz CT molecular complexity index is 293. The lowest BCUT2D eigenvalue weighted by Gasteiger charge is -2.10. The predicted molar refractivity (Wildman–Crippen MR) is 92.6 cm³/mol. The van der Waals surface area contributed by atoms with E-state index in [-0.39, 0.29) is 0 Å². The van der Waals surface area contributed by atoms with Crippen LogP contribution in [0.2, 0.25) is 0 Å². The Balaban J connectivity index is 3.32. The van der Waals surface area contributed by atoms with Crippen molar-refractivity contribution in [3.05, 3.63) is 11.6 Å². The molecule has 0 aromatic rings. The van der Waals surface area contributed by atoms with Gasteiger partial charge < -0.3 is 9.84 Å². The molecular weight excluding hydrogens is 276 g/mol. The van der Waals surface area contributed by atoms with Crippen LogP contribution >= 0.6 is 0 Å². The highest BCUT2D eigenvalue weighted by atomic mass is 16.6. The molecule has 1 N–H and O–H groups in total. The zero-order valence-corrected chi connectivity index (χ0v) is 14.9. The molecular formula is C19H36O3. The molecule has 0 fully saturated rings. The fourth-order valence-corrected chi connectivity index (χ4v) is 2.45. The number of rotatable bonds is 14. The Morgan fingerprint density at radius 1 is 0.909 bits per heavy atom. The highest BCUT2D eigenvalue weighted by molar-refractivity contribution is 5.82. The standard InChI is InChI=1S/C19H36O3/c1-4-5-6-7-8-9-10-11-12-13-14-15-18(20)22-19(21)16-17(2)3/h16,18,20H,4-15H2,1-3H3. The summed E-state index contributed by atoms with van der Waals surface area (Å²) in [5.41, 5.74) is 0.881. The third-order valence-corrected chi connectivity index (χ3v) is 3.71. The van der Waals surface area contributed by atoms with Crippen LogP contribution in [0.4, 0.5) is 0 Å². The lowest BCUT2D eigenvalue weighted by atomic mass is 10.1. The van der Waals surface area contributed by atoms with Crippen molar-refractivity contribution < 1.29 is 14.6 Å². The normalized spacial score (nSPS) is 12.0. The van der Waals surface area contributed by atoms with E-state index in [0.717, 1.165) is 18.4 Å². The second-order valence-corrected chi connectivity index (χ2v) is 6.44. The molecule has 22 heavy (non-hydrogen) atoms. The van der Waals surface area contributed by atoms with E-state index in [1.54, 1.807) is 0 Å². The van der Waals surface area contributed by atoms with E-state index in [4.69, 9.17) is 4.74 Å². The topological polar surface area (TPSA) is 46.5 Å². The smallest absolute Gasteiger partial charge is 0.332 e. The first-order valence-electron chi connectivity index (χ1n) is 9.09. The maximum Gasteiger partial charge on any atom is 0.332 e. The summed E-state index contributed by atoms with van der Waals surface area (Å²) in [6.07, 6.45) is 15.0. The molecule has 3 heteroatoms. The summed E-state index contributed by atoms with van der Waals surface area (Å²) in [5, 5.41) is 9.60. The molecule has 0 aliphatic heterocycles. The number of esters is 1. The molecule has 0 saturated heterocycles. The number of carbonyl (C=O) groups excluding carboxylic acids is 1. The van der Waals surface area contributed by atoms with Gasteiger partial charge in [-0.05, 0) is 20.3 Å². The molecule has 0 aromatic carbocycles. The van der Waals surface area contributed by atoms with Crippen molar-refractivity contribution in [2.75, 3.05) is 0 Å². The minimum atomic E-state index is -0.957. The van der Waals surface area contributed by atoms with Crippen LogP contribution in [-0.2, 0) is 9.53 Å². The van der Waals surface area contributed by atoms with E-state index in [0.29, 0.717) is 6.42 Å². The van der Waals surface area contributed by atoms with Crippen molar-refractivity contribution in [1.82, 2.24) is 0 Å². The Morgan fingerprint density at radius 3 is 1.82 bits per heavy atom. The van der Waals surface area contributed by atoms with E-state index >= 15 is 0 Å². The largest absolute Gasteiger partial charge is 0.433 e. The maximum absolute atomic E-state index is 11.3. The average Bonchev–Trinajstić information content (AvgIpc) is 2.43. The van der Waals surface area contributed by atoms with E-state index in [1.165, 1.54) is 63.9 Å². The monoisotopic (exact) mass is 312 g/mol. The van der Waals surface area contributed by atoms with Crippen molar-refractivity contribution in [3.8, 4) is 0 Å². The SMILES string of the molecule is CCCCCCCCCCCCCC(O)OC(=O)C=C(C)C. The number of aliphatic hydroxyl groups is 1. The summed E-state index contributed by atoms with van der Waals surface area (Å²) < 4.78 is 4.89. The van der Waals surface area contributed by atoms with Gasteiger partial charge in [0.2, 0.25) is 6.29 Å². The number of aliphatic hydroxyl groups excluding tert-OH is 1. The fraction of sp³-hybridized carbons (Fsp3) is 0.842. The van der Waals surface area contributed by atoms with Gasteiger partial charge in [0, 0.05) is 12.5 Å². The fourth-order valence-electron chi connectivity index (χ4n) is 2.45. The van der Waals surface area contributed by atoms with Crippen LogP contribution in [-0.4, -0.2) is 17.4 Å². The van der Waals surface area contributed by atoms with Gasteiger partial charge in [-0.1, -0.05) is 76.7 Å². The molecule has 0 rings (SSSR count). The maximum atomic E-state index is 11.3. The van der Waals surface area contributed by atoms with Crippen molar-refractivity contribution >= 4 is 5.97 Å². The average molecular weight is 312 g/mol. The number of unbranched alkanes of at least 4 members (excludes halogenated alkanes) is 10. The summed E-state index contributed by atoms with van der Waals surface area (Å²) in [7, 11) is 0. The number of allylic oxidation sites excluding steroid dienone is 1. The molecule has 0 amide bonds. The van der Waals surface area contributed by atoms with Crippen LogP contribution in [0.1, 0.15) is 97.8 Å². The predicted octanol–water partition coefficient (Wildman–Crippen LogP) is 5.52. The van der Waals surface area contributed by atoms with Gasteiger partial charge in [-0.3, -0.25) is 0 Å². The first-order valence-corrected chi connectivity index (χ1v) is 9.09. The van der Waals surface area contributed by atoms with E-state index in [1.807, 2.05) is 13.8 Å². The summed E-state index contributed by atoms with van der Waals surface area (Å²) >= 11 is 0. The zero-order valence-electron chi connectivity index (χ0n) is 14.9. The van der Waals surface area contributed by atoms with Crippen LogP contribution in [0.15, 0.2) is 11.6 Å². The van der Waals surface area contributed by atoms with Gasteiger partial charge >= 0.3 is 5.97 Å². The van der Waals surface area contributed by atoms with E-state index < -0.39 is 12.3 Å². The molecule has 0 bridgehead atoms. The van der Waals surface area contributed by atoms with Gasteiger partial charge in [0.15, 0.2) is 0 Å². The van der Waals surface area contributed by atoms with Crippen molar-refractivity contribution in [1.29, 1.82) is 0 Å². The number of hydrogen-bond donors (Lipinski definition) is 1. The zero-order chi connectivity index (χ0) is 16.6. The molecule has 0 spiro atoms. The number of carbonyl (C=O) groups is 1. The van der Waals surface area contributed by atoms with Crippen LogP contribution in [0.5, 0.6) is 0 Å². The van der Waals surface area contributed by atoms with Crippen LogP contribution in [0, 0.1) is 0 Å². The minimum Gasteiger partial charge on any atom is -0.433 e. The van der Waals surface area contributed by atoms with Gasteiger partial charge in [-0.2, -0.15) is 0 Å². The molecule has 130 valence electrons. The second-order valence-electron chi connectivity index (χ2n) is 6.44. The third kappa shape index (κ3) is 15.6. The molecule has 0 aliphatic carbocycles. The molecule has 0 aromatic heterocycles. The molecule has 0 saturated carbocycles. The van der Waals surface area contributed by atoms with Gasteiger partial charge in [-0.25, -0.2) is 4.79 Å². The Kier molecular flexibility index (Phi) is 14.5. The quantitative estimate of drug-likeness (QED) is 0.199. The molecule has 0 radical (unpaired) electrons. The minimum absolute atomic E-state index is 0.449. The summed E-state index contributed by atoms with van der Waals surface area (Å²) in [6, 6.07) is 0. The first kappa shape index (κ1) is 21.2. The van der Waals surface area contributed by atoms with Crippen LogP contribution in [0.3, 0.4) is 0 Å².